The van der Waals surface area contributed by atoms with Crippen LogP contribution in [0.2, 0.25) is 0 Å². The molecular formula is C14H14BrNO4S. The summed E-state index contributed by atoms with van der Waals surface area (Å²) in [5, 5.41) is 8.65. The number of aromatic carboxylic acids is 1. The van der Waals surface area contributed by atoms with Crippen molar-refractivity contribution in [2.75, 3.05) is 6.54 Å². The third-order valence-corrected chi connectivity index (χ3v) is 4.83. The summed E-state index contributed by atoms with van der Waals surface area (Å²) in [7, 11) is 0. The van der Waals surface area contributed by atoms with E-state index in [1.165, 1.54) is 11.0 Å². The summed E-state index contributed by atoms with van der Waals surface area (Å²) >= 11 is 4.43. The highest BCUT2D eigenvalue weighted by molar-refractivity contribution is 9.10. The summed E-state index contributed by atoms with van der Waals surface area (Å²) in [5.74, 6) is -1.47. The average molecular weight is 372 g/mol. The predicted molar refractivity (Wildman–Crippen MR) is 82.4 cm³/mol. The first-order chi connectivity index (χ1) is 9.93. The van der Waals surface area contributed by atoms with Crippen molar-refractivity contribution in [1.29, 1.82) is 0 Å². The van der Waals surface area contributed by atoms with Gasteiger partial charge in [-0.15, -0.1) is 11.8 Å². The first kappa shape index (κ1) is 16.0. The SMILES string of the molecule is CCCN1C(=O)CC(Sc2cc(Br)ccc2C(=O)O)C1=O. The normalized spacial score (nSPS) is 18.4. The molecule has 1 aliphatic rings. The van der Waals surface area contributed by atoms with Gasteiger partial charge in [0.25, 0.3) is 0 Å². The third-order valence-electron chi connectivity index (χ3n) is 3.09. The van der Waals surface area contributed by atoms with Crippen LogP contribution in [0.1, 0.15) is 30.1 Å². The lowest BCUT2D eigenvalue weighted by Gasteiger charge is -2.14. The molecule has 5 nitrogen and oxygen atoms in total. The molecule has 112 valence electrons. The molecule has 0 aromatic heterocycles. The molecule has 7 heteroatoms. The van der Waals surface area contributed by atoms with Gasteiger partial charge in [-0.25, -0.2) is 4.79 Å². The Kier molecular flexibility index (Phi) is 5.05. The molecule has 0 bridgehead atoms. The molecule has 2 rings (SSSR count). The fraction of sp³-hybridized carbons (Fsp3) is 0.357. The van der Waals surface area contributed by atoms with E-state index in [2.05, 4.69) is 15.9 Å². The van der Waals surface area contributed by atoms with Crippen LogP contribution in [0.4, 0.5) is 0 Å². The summed E-state index contributed by atoms with van der Waals surface area (Å²) in [6, 6.07) is 4.78. The minimum atomic E-state index is -1.05. The summed E-state index contributed by atoms with van der Waals surface area (Å²) in [6.45, 7) is 2.32. The number of hydrogen-bond donors (Lipinski definition) is 1. The highest BCUT2D eigenvalue weighted by atomic mass is 79.9. The van der Waals surface area contributed by atoms with Crippen molar-refractivity contribution in [1.82, 2.24) is 4.90 Å². The lowest BCUT2D eigenvalue weighted by Crippen LogP contribution is -2.31. The Balaban J connectivity index is 2.23. The molecule has 1 aliphatic heterocycles. The molecule has 1 saturated heterocycles. The molecule has 1 unspecified atom stereocenters. The zero-order valence-electron chi connectivity index (χ0n) is 11.3. The van der Waals surface area contributed by atoms with Crippen molar-refractivity contribution in [2.24, 2.45) is 0 Å². The molecule has 0 saturated carbocycles. The van der Waals surface area contributed by atoms with E-state index in [1.54, 1.807) is 12.1 Å². The fourth-order valence-electron chi connectivity index (χ4n) is 2.13. The smallest absolute Gasteiger partial charge is 0.336 e. The Morgan fingerprint density at radius 3 is 2.81 bits per heavy atom. The van der Waals surface area contributed by atoms with Gasteiger partial charge in [0.05, 0.1) is 10.8 Å². The van der Waals surface area contributed by atoms with Crippen LogP contribution in [0.3, 0.4) is 0 Å². The van der Waals surface area contributed by atoms with E-state index < -0.39 is 11.2 Å². The number of carboxylic acids is 1. The predicted octanol–water partition coefficient (Wildman–Crippen LogP) is 2.78. The van der Waals surface area contributed by atoms with Gasteiger partial charge in [-0.2, -0.15) is 0 Å². The second-order valence-electron chi connectivity index (χ2n) is 4.64. The van der Waals surface area contributed by atoms with Crippen LogP contribution in [0.5, 0.6) is 0 Å². The first-order valence-corrected chi connectivity index (χ1v) is 8.15. The van der Waals surface area contributed by atoms with Crippen LogP contribution in [0, 0.1) is 0 Å². The summed E-state index contributed by atoms with van der Waals surface area (Å²) in [6.07, 6.45) is 0.835. The zero-order chi connectivity index (χ0) is 15.6. The van der Waals surface area contributed by atoms with Crippen molar-refractivity contribution in [3.63, 3.8) is 0 Å². The molecular weight excluding hydrogens is 358 g/mol. The second-order valence-corrected chi connectivity index (χ2v) is 6.80. The van der Waals surface area contributed by atoms with E-state index in [1.807, 2.05) is 6.92 Å². The van der Waals surface area contributed by atoms with E-state index >= 15 is 0 Å². The van der Waals surface area contributed by atoms with E-state index in [0.29, 0.717) is 17.9 Å². The lowest BCUT2D eigenvalue weighted by atomic mass is 10.2. The quantitative estimate of drug-likeness (QED) is 0.805. The van der Waals surface area contributed by atoms with Crippen LogP contribution in [-0.2, 0) is 9.59 Å². The zero-order valence-corrected chi connectivity index (χ0v) is 13.7. The second kappa shape index (κ2) is 6.62. The number of carboxylic acid groups (broad SMARTS) is 1. The van der Waals surface area contributed by atoms with Gasteiger partial charge in [0, 0.05) is 22.3 Å². The summed E-state index contributed by atoms with van der Waals surface area (Å²) in [5.41, 5.74) is 0.136. The Morgan fingerprint density at radius 2 is 2.19 bits per heavy atom. The number of carbonyl (C=O) groups excluding carboxylic acids is 2. The molecule has 1 aromatic rings. The highest BCUT2D eigenvalue weighted by Crippen LogP contribution is 2.35. The molecule has 0 aliphatic carbocycles. The maximum absolute atomic E-state index is 12.2. The van der Waals surface area contributed by atoms with Crippen LogP contribution >= 0.6 is 27.7 Å². The van der Waals surface area contributed by atoms with Gasteiger partial charge in [0.1, 0.15) is 0 Å². The number of halogens is 1. The van der Waals surface area contributed by atoms with Crippen LogP contribution in [0.25, 0.3) is 0 Å². The Morgan fingerprint density at radius 1 is 1.48 bits per heavy atom. The molecule has 1 aromatic carbocycles. The van der Waals surface area contributed by atoms with Crippen LogP contribution in [0.15, 0.2) is 27.6 Å². The van der Waals surface area contributed by atoms with Gasteiger partial charge in [-0.3, -0.25) is 14.5 Å². The number of hydrogen-bond acceptors (Lipinski definition) is 4. The van der Waals surface area contributed by atoms with Crippen LogP contribution in [-0.4, -0.2) is 39.6 Å². The number of carbonyl (C=O) groups is 3. The van der Waals surface area contributed by atoms with Crippen molar-refractivity contribution in [3.8, 4) is 0 Å². The number of likely N-dealkylation sites (tertiary alicyclic amines) is 1. The first-order valence-electron chi connectivity index (χ1n) is 6.47. The average Bonchev–Trinajstić information content (AvgIpc) is 2.67. The van der Waals surface area contributed by atoms with Gasteiger partial charge < -0.3 is 5.11 Å². The maximum Gasteiger partial charge on any atom is 0.336 e. The number of nitrogens with zero attached hydrogens (tertiary/aromatic N) is 1. The molecule has 1 heterocycles. The minimum absolute atomic E-state index is 0.120. The number of amides is 2. The van der Waals surface area contributed by atoms with Gasteiger partial charge in [0.2, 0.25) is 11.8 Å². The minimum Gasteiger partial charge on any atom is -0.478 e. The van der Waals surface area contributed by atoms with Gasteiger partial charge >= 0.3 is 5.97 Å². The van der Waals surface area contributed by atoms with E-state index in [4.69, 9.17) is 0 Å². The van der Waals surface area contributed by atoms with Crippen molar-refractivity contribution in [2.45, 2.75) is 29.9 Å². The molecule has 21 heavy (non-hydrogen) atoms. The van der Waals surface area contributed by atoms with Gasteiger partial charge in [-0.1, -0.05) is 22.9 Å². The molecule has 1 fully saturated rings. The number of benzene rings is 1. The molecule has 1 N–H and O–H groups in total. The Labute approximate surface area is 134 Å². The Hall–Kier alpha value is -1.34. The molecule has 2 amide bonds. The van der Waals surface area contributed by atoms with E-state index in [-0.39, 0.29) is 23.8 Å². The molecule has 1 atom stereocenters. The van der Waals surface area contributed by atoms with E-state index in [0.717, 1.165) is 16.2 Å². The highest BCUT2D eigenvalue weighted by Gasteiger charge is 2.39. The standard InChI is InChI=1S/C14H14BrNO4S/c1-2-5-16-12(17)7-11(13(16)18)21-10-6-8(15)3-4-9(10)14(19)20/h3-4,6,11H,2,5,7H2,1H3,(H,19,20). The van der Waals surface area contributed by atoms with Crippen molar-refractivity contribution < 1.29 is 19.5 Å². The summed E-state index contributed by atoms with van der Waals surface area (Å²) in [4.78, 5) is 37.0. The van der Waals surface area contributed by atoms with Gasteiger partial charge in [0.15, 0.2) is 0 Å². The summed E-state index contributed by atoms with van der Waals surface area (Å²) < 4.78 is 0.734. The lowest BCUT2D eigenvalue weighted by molar-refractivity contribution is -0.138. The van der Waals surface area contributed by atoms with E-state index in [9.17, 15) is 19.5 Å². The maximum atomic E-state index is 12.2. The number of thioether (sulfide) groups is 1. The molecule has 0 spiro atoms. The van der Waals surface area contributed by atoms with Crippen molar-refractivity contribution in [3.05, 3.63) is 28.2 Å². The monoisotopic (exact) mass is 371 g/mol. The third kappa shape index (κ3) is 3.47. The van der Waals surface area contributed by atoms with Crippen molar-refractivity contribution >= 4 is 45.5 Å². The Bertz CT molecular complexity index is 605. The van der Waals surface area contributed by atoms with Crippen LogP contribution < -0.4 is 0 Å². The van der Waals surface area contributed by atoms with Gasteiger partial charge in [-0.05, 0) is 24.6 Å². The number of imide groups is 1. The fourth-order valence-corrected chi connectivity index (χ4v) is 3.88. The largest absolute Gasteiger partial charge is 0.478 e. The number of rotatable bonds is 5. The molecule has 0 radical (unpaired) electrons. The topological polar surface area (TPSA) is 74.7 Å².